The van der Waals surface area contributed by atoms with Crippen molar-refractivity contribution in [3.05, 3.63) is 22.4 Å². The van der Waals surface area contributed by atoms with Gasteiger partial charge in [-0.25, -0.2) is 0 Å². The molecule has 3 heterocycles. The molecule has 0 spiro atoms. The minimum Gasteiger partial charge on any atom is -0.341 e. The number of carbonyl (C=O) groups excluding carboxylic acids is 1. The molecule has 0 radical (unpaired) electrons. The molecule has 4 nitrogen and oxygen atoms in total. The summed E-state index contributed by atoms with van der Waals surface area (Å²) in [5, 5.41) is 2.15. The first-order chi connectivity index (χ1) is 11.6. The van der Waals surface area contributed by atoms with Crippen molar-refractivity contribution < 1.29 is 4.79 Å². The minimum atomic E-state index is 0.254. The third-order valence-corrected chi connectivity index (χ3v) is 6.33. The standard InChI is InChI=1S/C19H31N3OS/c1-16(2)21-10-6-17(7-11-21)19(23)22-9-4-8-20(12-13-22)15-18-5-3-14-24-18/h3,5,14,16-17H,4,6-13,15H2,1-2H3. The normalized spacial score (nSPS) is 22.0. The fourth-order valence-corrected chi connectivity index (χ4v) is 4.64. The van der Waals surface area contributed by atoms with E-state index in [9.17, 15) is 4.79 Å². The Morgan fingerprint density at radius 2 is 1.96 bits per heavy atom. The first-order valence-electron chi connectivity index (χ1n) is 9.41. The van der Waals surface area contributed by atoms with Gasteiger partial charge in [-0.2, -0.15) is 0 Å². The van der Waals surface area contributed by atoms with Crippen LogP contribution in [-0.4, -0.2) is 65.9 Å². The van der Waals surface area contributed by atoms with Crippen LogP contribution in [0, 0.1) is 5.92 Å². The van der Waals surface area contributed by atoms with Crippen molar-refractivity contribution in [2.45, 2.75) is 45.7 Å². The lowest BCUT2D eigenvalue weighted by atomic mass is 9.94. The molecule has 2 fully saturated rings. The number of hydrogen-bond acceptors (Lipinski definition) is 4. The third kappa shape index (κ3) is 4.58. The van der Waals surface area contributed by atoms with Gasteiger partial charge in [0.15, 0.2) is 0 Å². The third-order valence-electron chi connectivity index (χ3n) is 5.47. The van der Waals surface area contributed by atoms with E-state index >= 15 is 0 Å². The molecule has 1 aromatic rings. The molecular formula is C19H31N3OS. The van der Waals surface area contributed by atoms with Gasteiger partial charge in [-0.15, -0.1) is 11.3 Å². The summed E-state index contributed by atoms with van der Waals surface area (Å²) in [5.41, 5.74) is 0. The summed E-state index contributed by atoms with van der Waals surface area (Å²) in [6.07, 6.45) is 3.17. The SMILES string of the molecule is CC(C)N1CCC(C(=O)N2CCCN(Cc3cccs3)CC2)CC1. The van der Waals surface area contributed by atoms with Gasteiger partial charge in [0.05, 0.1) is 0 Å². The number of amides is 1. The lowest BCUT2D eigenvalue weighted by Gasteiger charge is -2.36. The number of rotatable bonds is 4. The Morgan fingerprint density at radius 1 is 1.17 bits per heavy atom. The van der Waals surface area contributed by atoms with E-state index < -0.39 is 0 Å². The van der Waals surface area contributed by atoms with Gasteiger partial charge in [-0.3, -0.25) is 9.69 Å². The molecule has 5 heteroatoms. The summed E-state index contributed by atoms with van der Waals surface area (Å²) in [7, 11) is 0. The number of hydrogen-bond donors (Lipinski definition) is 0. The van der Waals surface area contributed by atoms with Crippen molar-refractivity contribution in [2.24, 2.45) is 5.92 Å². The largest absolute Gasteiger partial charge is 0.341 e. The second-order valence-electron chi connectivity index (χ2n) is 7.44. The number of thiophene rings is 1. The average molecular weight is 350 g/mol. The van der Waals surface area contributed by atoms with Crippen LogP contribution in [0.1, 0.15) is 38.0 Å². The Hall–Kier alpha value is -0.910. The van der Waals surface area contributed by atoms with E-state index in [1.54, 1.807) is 0 Å². The van der Waals surface area contributed by atoms with Crippen LogP contribution in [0.4, 0.5) is 0 Å². The molecule has 1 aromatic heterocycles. The highest BCUT2D eigenvalue weighted by atomic mass is 32.1. The Morgan fingerprint density at radius 3 is 2.62 bits per heavy atom. The zero-order valence-corrected chi connectivity index (χ0v) is 15.9. The van der Waals surface area contributed by atoms with E-state index in [0.29, 0.717) is 11.9 Å². The summed E-state index contributed by atoms with van der Waals surface area (Å²) in [6, 6.07) is 4.93. The summed E-state index contributed by atoms with van der Waals surface area (Å²) in [5.74, 6) is 0.667. The Kier molecular flexibility index (Phi) is 6.31. The molecule has 2 aliphatic rings. The molecule has 0 atom stereocenters. The predicted octanol–water partition coefficient (Wildman–Crippen LogP) is 2.90. The molecule has 134 valence electrons. The van der Waals surface area contributed by atoms with Gasteiger partial charge in [0.1, 0.15) is 0 Å². The fourth-order valence-electron chi connectivity index (χ4n) is 3.89. The van der Waals surface area contributed by atoms with Crippen molar-refractivity contribution in [3.8, 4) is 0 Å². The minimum absolute atomic E-state index is 0.254. The van der Waals surface area contributed by atoms with Gasteiger partial charge >= 0.3 is 0 Å². The summed E-state index contributed by atoms with van der Waals surface area (Å²) < 4.78 is 0. The lowest BCUT2D eigenvalue weighted by Crippen LogP contribution is -2.45. The maximum absolute atomic E-state index is 12.9. The quantitative estimate of drug-likeness (QED) is 0.836. The second kappa shape index (κ2) is 8.45. The number of nitrogens with zero attached hydrogens (tertiary/aromatic N) is 3. The van der Waals surface area contributed by atoms with Crippen molar-refractivity contribution in [1.82, 2.24) is 14.7 Å². The Balaban J connectivity index is 1.48. The van der Waals surface area contributed by atoms with Crippen LogP contribution >= 0.6 is 11.3 Å². The van der Waals surface area contributed by atoms with Gasteiger partial charge in [-0.1, -0.05) is 6.07 Å². The first-order valence-corrected chi connectivity index (χ1v) is 10.3. The first kappa shape index (κ1) is 17.9. The maximum Gasteiger partial charge on any atom is 0.225 e. The van der Waals surface area contributed by atoms with Gasteiger partial charge in [0, 0.05) is 49.6 Å². The molecule has 0 unspecified atom stereocenters. The summed E-state index contributed by atoms with van der Waals surface area (Å²) in [4.78, 5) is 21.5. The molecule has 1 amide bonds. The maximum atomic E-state index is 12.9. The van der Waals surface area contributed by atoms with Crippen LogP contribution in [0.25, 0.3) is 0 Å². The molecule has 0 aromatic carbocycles. The number of likely N-dealkylation sites (tertiary alicyclic amines) is 1. The van der Waals surface area contributed by atoms with E-state index in [2.05, 4.69) is 46.1 Å². The van der Waals surface area contributed by atoms with Crippen LogP contribution in [0.3, 0.4) is 0 Å². The van der Waals surface area contributed by atoms with Gasteiger partial charge in [-0.05, 0) is 57.6 Å². The van der Waals surface area contributed by atoms with E-state index in [4.69, 9.17) is 0 Å². The van der Waals surface area contributed by atoms with E-state index in [1.165, 1.54) is 4.88 Å². The molecule has 2 saturated heterocycles. The van der Waals surface area contributed by atoms with Crippen LogP contribution in [0.15, 0.2) is 17.5 Å². The highest BCUT2D eigenvalue weighted by Crippen LogP contribution is 2.22. The summed E-state index contributed by atoms with van der Waals surface area (Å²) >= 11 is 1.83. The average Bonchev–Trinajstić information content (AvgIpc) is 2.99. The fraction of sp³-hybridized carbons (Fsp3) is 0.737. The van der Waals surface area contributed by atoms with E-state index in [0.717, 1.165) is 65.1 Å². The summed E-state index contributed by atoms with van der Waals surface area (Å²) in [6.45, 7) is 11.6. The van der Waals surface area contributed by atoms with Crippen molar-refractivity contribution in [1.29, 1.82) is 0 Å². The molecular weight excluding hydrogens is 318 g/mol. The van der Waals surface area contributed by atoms with E-state index in [1.807, 2.05) is 11.3 Å². The number of carbonyl (C=O) groups is 1. The van der Waals surface area contributed by atoms with Gasteiger partial charge in [0.2, 0.25) is 5.91 Å². The zero-order valence-electron chi connectivity index (χ0n) is 15.1. The second-order valence-corrected chi connectivity index (χ2v) is 8.47. The molecule has 24 heavy (non-hydrogen) atoms. The molecule has 0 bridgehead atoms. The van der Waals surface area contributed by atoms with Crippen molar-refractivity contribution in [2.75, 3.05) is 39.3 Å². The molecule has 0 N–H and O–H groups in total. The smallest absolute Gasteiger partial charge is 0.225 e. The van der Waals surface area contributed by atoms with Crippen LogP contribution in [0.5, 0.6) is 0 Å². The van der Waals surface area contributed by atoms with Crippen LogP contribution in [-0.2, 0) is 11.3 Å². The Labute approximate surface area is 150 Å². The highest BCUT2D eigenvalue weighted by Gasteiger charge is 2.30. The zero-order chi connectivity index (χ0) is 16.9. The van der Waals surface area contributed by atoms with Crippen molar-refractivity contribution >= 4 is 17.2 Å². The highest BCUT2D eigenvalue weighted by molar-refractivity contribution is 7.09. The van der Waals surface area contributed by atoms with Crippen LogP contribution in [0.2, 0.25) is 0 Å². The van der Waals surface area contributed by atoms with Crippen LogP contribution < -0.4 is 0 Å². The molecule has 0 saturated carbocycles. The van der Waals surface area contributed by atoms with Gasteiger partial charge in [0.25, 0.3) is 0 Å². The topological polar surface area (TPSA) is 26.8 Å². The van der Waals surface area contributed by atoms with Gasteiger partial charge < -0.3 is 9.80 Å². The van der Waals surface area contributed by atoms with E-state index in [-0.39, 0.29) is 5.92 Å². The molecule has 3 rings (SSSR count). The monoisotopic (exact) mass is 349 g/mol. The lowest BCUT2D eigenvalue weighted by molar-refractivity contribution is -0.137. The molecule has 0 aliphatic carbocycles. The Bertz CT molecular complexity index is 509. The number of piperidine rings is 1. The van der Waals surface area contributed by atoms with Crippen molar-refractivity contribution in [3.63, 3.8) is 0 Å². The predicted molar refractivity (Wildman–Crippen MR) is 100 cm³/mol. The molecule has 2 aliphatic heterocycles.